The zero-order valence-corrected chi connectivity index (χ0v) is 16.8. The van der Waals surface area contributed by atoms with Crippen molar-refractivity contribution >= 4 is 17.7 Å². The summed E-state index contributed by atoms with van der Waals surface area (Å²) in [5.41, 5.74) is 6.89. The van der Waals surface area contributed by atoms with E-state index in [1.54, 1.807) is 0 Å². The van der Waals surface area contributed by atoms with Gasteiger partial charge < -0.3 is 30.4 Å². The molecule has 1 fully saturated rings. The third-order valence-electron chi connectivity index (χ3n) is 3.92. The van der Waals surface area contributed by atoms with Crippen LogP contribution in [0.3, 0.4) is 0 Å². The molecule has 8 nitrogen and oxygen atoms in total. The zero-order valence-electron chi connectivity index (χ0n) is 14.8. The Kier molecular flexibility index (Phi) is 9.42. The molecule has 26 heavy (non-hydrogen) atoms. The zero-order chi connectivity index (χ0) is 18.4. The Morgan fingerprint density at radius 2 is 1.92 bits per heavy atom. The van der Waals surface area contributed by atoms with E-state index in [2.05, 4.69) is 5.32 Å². The largest absolute Gasteiger partial charge is 1.00 e. The molecule has 3 N–H and O–H groups in total. The number of benzene rings is 1. The molecule has 0 radical (unpaired) electrons. The molecule has 9 heteroatoms. The van der Waals surface area contributed by atoms with E-state index in [4.69, 9.17) is 15.2 Å². The second-order valence-corrected chi connectivity index (χ2v) is 5.84. The Balaban J connectivity index is 0.00000338. The Labute approximate surface area is 173 Å². The van der Waals surface area contributed by atoms with E-state index in [-0.39, 0.29) is 48.4 Å². The number of nitrogens with one attached hydrogen (secondary N) is 1. The fourth-order valence-corrected chi connectivity index (χ4v) is 2.49. The molecule has 0 aliphatic carbocycles. The number of methoxy groups -OCH3 is 1. The maximum Gasteiger partial charge on any atom is 1.00 e. The van der Waals surface area contributed by atoms with Crippen LogP contribution in [0.5, 0.6) is 0 Å². The van der Waals surface area contributed by atoms with Gasteiger partial charge in [-0.25, -0.2) is 0 Å². The van der Waals surface area contributed by atoms with E-state index in [9.17, 15) is 19.5 Å². The van der Waals surface area contributed by atoms with Crippen LogP contribution in [0.4, 0.5) is 0 Å². The van der Waals surface area contributed by atoms with Crippen LogP contribution in [-0.4, -0.2) is 55.7 Å². The molecule has 1 aromatic carbocycles. The third-order valence-corrected chi connectivity index (χ3v) is 3.92. The maximum atomic E-state index is 12.6. The number of carboxylic acids is 1. The van der Waals surface area contributed by atoms with Crippen LogP contribution in [0, 0.1) is 0 Å². The number of carboxylic acid groups (broad SMARTS) is 1. The van der Waals surface area contributed by atoms with Gasteiger partial charge in [0.15, 0.2) is 11.9 Å². The average molecular weight is 372 g/mol. The number of ketones is 1. The van der Waals surface area contributed by atoms with Gasteiger partial charge in [0.05, 0.1) is 18.1 Å². The molecule has 1 amide bonds. The van der Waals surface area contributed by atoms with Gasteiger partial charge in [0.2, 0.25) is 0 Å². The maximum absolute atomic E-state index is 12.6. The van der Waals surface area contributed by atoms with Gasteiger partial charge in [-0.15, -0.1) is 0 Å². The molecule has 1 heterocycles. The Hall–Kier alpha value is -1.29. The number of ether oxygens (including phenoxy) is 2. The van der Waals surface area contributed by atoms with Gasteiger partial charge in [0, 0.05) is 13.7 Å². The van der Waals surface area contributed by atoms with Crippen LogP contribution in [0.25, 0.3) is 0 Å². The number of carbonyl (C=O) groups is 3. The summed E-state index contributed by atoms with van der Waals surface area (Å²) >= 11 is 0. The number of amides is 1. The molecule has 1 saturated heterocycles. The van der Waals surface area contributed by atoms with Gasteiger partial charge in [-0.3, -0.25) is 9.59 Å². The normalized spacial score (nSPS) is 20.4. The van der Waals surface area contributed by atoms with E-state index in [0.717, 1.165) is 5.56 Å². The Bertz CT molecular complexity index is 627. The fourth-order valence-electron chi connectivity index (χ4n) is 2.49. The molecule has 0 spiro atoms. The van der Waals surface area contributed by atoms with Crippen LogP contribution < -0.4 is 45.7 Å². The second-order valence-electron chi connectivity index (χ2n) is 5.84. The van der Waals surface area contributed by atoms with Gasteiger partial charge in [-0.2, -0.15) is 0 Å². The van der Waals surface area contributed by atoms with Crippen LogP contribution in [0.1, 0.15) is 12.0 Å². The van der Waals surface area contributed by atoms with Crippen molar-refractivity contribution in [3.8, 4) is 0 Å². The minimum absolute atomic E-state index is 0. The summed E-state index contributed by atoms with van der Waals surface area (Å²) < 4.78 is 9.69. The first kappa shape index (κ1) is 22.8. The number of rotatable bonds is 10. The molecule has 1 aliphatic heterocycles. The number of hydrogen-bond acceptors (Lipinski definition) is 7. The Morgan fingerprint density at radius 3 is 2.46 bits per heavy atom. The van der Waals surface area contributed by atoms with E-state index in [0.29, 0.717) is 6.42 Å². The monoisotopic (exact) mass is 372 g/mol. The first-order chi connectivity index (χ1) is 11.9. The van der Waals surface area contributed by atoms with Gasteiger partial charge in [-0.05, 0) is 18.4 Å². The topological polar surface area (TPSA) is 134 Å². The minimum Gasteiger partial charge on any atom is -0.547 e. The average Bonchev–Trinajstić information content (AvgIpc) is 3.39. The molecular formula is C17H21N2NaO6. The fraction of sp³-hybridized carbons (Fsp3) is 0.471. The molecule has 136 valence electrons. The Morgan fingerprint density at radius 1 is 1.27 bits per heavy atom. The van der Waals surface area contributed by atoms with Gasteiger partial charge in [0.1, 0.15) is 6.10 Å². The van der Waals surface area contributed by atoms with E-state index in [1.807, 2.05) is 30.3 Å². The molecule has 4 atom stereocenters. The van der Waals surface area contributed by atoms with Crippen molar-refractivity contribution in [3.63, 3.8) is 0 Å². The predicted molar refractivity (Wildman–Crippen MR) is 85.2 cm³/mol. The van der Waals surface area contributed by atoms with Crippen molar-refractivity contribution in [1.29, 1.82) is 0 Å². The smallest absolute Gasteiger partial charge is 0.547 e. The molecule has 0 aromatic heterocycles. The summed E-state index contributed by atoms with van der Waals surface area (Å²) in [6.45, 7) is 0.240. The first-order valence-corrected chi connectivity index (χ1v) is 7.93. The molecule has 0 bridgehead atoms. The number of aliphatic carboxylic acids is 1. The number of Topliss-reactive ketones (excluding diaryl/α,β-unsaturated/α-hetero) is 1. The molecule has 0 saturated carbocycles. The van der Waals surface area contributed by atoms with Crippen molar-refractivity contribution in [2.75, 3.05) is 13.7 Å². The SMILES string of the molecule is COCCC(NC(=O)[C@H]1O[C@@H]1C(=O)[O-])C(=O)[C@@H](N)Cc1ccccc1.[Na+]. The van der Waals surface area contributed by atoms with Crippen molar-refractivity contribution in [2.45, 2.75) is 37.1 Å². The second kappa shape index (κ2) is 10.8. The summed E-state index contributed by atoms with van der Waals surface area (Å²) in [5.74, 6) is -2.48. The van der Waals surface area contributed by atoms with Crippen molar-refractivity contribution in [1.82, 2.24) is 5.32 Å². The van der Waals surface area contributed by atoms with Crippen molar-refractivity contribution in [2.24, 2.45) is 5.73 Å². The number of nitrogens with two attached hydrogens (primary N) is 1. The van der Waals surface area contributed by atoms with Gasteiger partial charge in [0.25, 0.3) is 5.91 Å². The minimum atomic E-state index is -1.46. The van der Waals surface area contributed by atoms with Gasteiger partial charge >= 0.3 is 29.6 Å². The van der Waals surface area contributed by atoms with Crippen LogP contribution in [-0.2, 0) is 30.3 Å². The summed E-state index contributed by atoms with van der Waals surface area (Å²) in [7, 11) is 1.48. The summed E-state index contributed by atoms with van der Waals surface area (Å²) in [6.07, 6.45) is -1.84. The van der Waals surface area contributed by atoms with Crippen molar-refractivity contribution < 1.29 is 58.5 Å². The molecule has 1 unspecified atom stereocenters. The number of hydrogen-bond donors (Lipinski definition) is 2. The number of carbonyl (C=O) groups excluding carboxylic acids is 3. The first-order valence-electron chi connectivity index (χ1n) is 7.93. The summed E-state index contributed by atoms with van der Waals surface area (Å²) in [6, 6.07) is 7.60. The van der Waals surface area contributed by atoms with Gasteiger partial charge in [-0.1, -0.05) is 30.3 Å². The third kappa shape index (κ3) is 6.46. The van der Waals surface area contributed by atoms with Crippen LogP contribution in [0.15, 0.2) is 30.3 Å². The van der Waals surface area contributed by atoms with E-state index >= 15 is 0 Å². The molecule has 1 aromatic rings. The molecular weight excluding hydrogens is 351 g/mol. The summed E-state index contributed by atoms with van der Waals surface area (Å²) in [4.78, 5) is 35.3. The molecule has 1 aliphatic rings. The predicted octanol–water partition coefficient (Wildman–Crippen LogP) is -4.83. The van der Waals surface area contributed by atoms with Crippen LogP contribution in [0.2, 0.25) is 0 Å². The standard InChI is InChI=1S/C17H22N2O6.Na/c1-24-8-7-12(19-16(21)14-15(25-14)17(22)23)13(20)11(18)9-10-5-3-2-4-6-10;/h2-6,11-12,14-15H,7-9,18H2,1H3,(H,19,21)(H,22,23);/q;+1/p-1/t11-,12?,14-,15-;/m0./s1. The van der Waals surface area contributed by atoms with Crippen molar-refractivity contribution in [3.05, 3.63) is 35.9 Å². The summed E-state index contributed by atoms with van der Waals surface area (Å²) in [5, 5.41) is 13.2. The molecule has 2 rings (SSSR count). The number of epoxide rings is 1. The van der Waals surface area contributed by atoms with Crippen LogP contribution >= 0.6 is 0 Å². The van der Waals surface area contributed by atoms with E-state index in [1.165, 1.54) is 7.11 Å². The van der Waals surface area contributed by atoms with E-state index < -0.39 is 36.2 Å². The quantitative estimate of drug-likeness (QED) is 0.311.